The Balaban J connectivity index is 1.61. The quantitative estimate of drug-likeness (QED) is 0.781. The second-order valence-corrected chi connectivity index (χ2v) is 6.40. The van der Waals surface area contributed by atoms with Crippen molar-refractivity contribution < 1.29 is 24.0 Å². The number of nitrogens with two attached hydrogens (primary N) is 1. The van der Waals surface area contributed by atoms with Crippen LogP contribution >= 0.6 is 0 Å². The molecule has 0 spiro atoms. The number of hydrogen-bond acceptors (Lipinski definition) is 5. The van der Waals surface area contributed by atoms with Crippen LogP contribution in [0, 0.1) is 0 Å². The van der Waals surface area contributed by atoms with Crippen LogP contribution in [-0.4, -0.2) is 29.7 Å². The fraction of sp³-hybridized carbons (Fsp3) is 0. The molecule has 2 aromatic rings. The molecular weight excluding hydrogens is 388 g/mol. The summed E-state index contributed by atoms with van der Waals surface area (Å²) < 4.78 is 0. The fourth-order valence-corrected chi connectivity index (χ4v) is 3.21. The van der Waals surface area contributed by atoms with Crippen LogP contribution in [0.25, 0.3) is 0 Å². The highest BCUT2D eigenvalue weighted by atomic mass is 16.2. The van der Waals surface area contributed by atoms with Gasteiger partial charge in [-0.25, -0.2) is 14.6 Å². The molecule has 2 aliphatic heterocycles. The molecule has 2 N–H and O–H groups in total. The second-order valence-electron chi connectivity index (χ2n) is 6.40. The standard InChI is InChI=1S/C21H14N4O5/c22-21(30)23(13-1-5-15(6-2-13)24-17(26)9-10-18(24)27)14-3-7-16(8-4-14)25-19(28)11-12-20(25)29/h1-12H,(H2,22,30). The number of rotatable bonds is 4. The number of nitrogens with zero attached hydrogens (tertiary/aromatic N) is 3. The van der Waals surface area contributed by atoms with Crippen molar-refractivity contribution in [3.8, 4) is 0 Å². The predicted molar refractivity (Wildman–Crippen MR) is 108 cm³/mol. The minimum Gasteiger partial charge on any atom is -0.351 e. The molecule has 2 aromatic carbocycles. The lowest BCUT2D eigenvalue weighted by atomic mass is 10.2. The lowest BCUT2D eigenvalue weighted by Crippen LogP contribution is -2.32. The van der Waals surface area contributed by atoms with E-state index in [4.69, 9.17) is 5.73 Å². The molecule has 2 aliphatic rings. The summed E-state index contributed by atoms with van der Waals surface area (Å²) in [7, 11) is 0. The Morgan fingerprint density at radius 2 is 0.900 bits per heavy atom. The van der Waals surface area contributed by atoms with E-state index in [0.29, 0.717) is 22.7 Å². The van der Waals surface area contributed by atoms with E-state index in [1.807, 2.05) is 0 Å². The average Bonchev–Trinajstić information content (AvgIpc) is 3.24. The van der Waals surface area contributed by atoms with Crippen LogP contribution in [-0.2, 0) is 19.2 Å². The Morgan fingerprint density at radius 3 is 1.17 bits per heavy atom. The zero-order chi connectivity index (χ0) is 21.4. The van der Waals surface area contributed by atoms with Crippen LogP contribution in [0.5, 0.6) is 0 Å². The predicted octanol–water partition coefficient (Wildman–Crippen LogP) is 1.76. The molecule has 148 valence electrons. The van der Waals surface area contributed by atoms with Crippen LogP contribution in [0.2, 0.25) is 0 Å². The molecule has 0 saturated heterocycles. The number of urea groups is 1. The Morgan fingerprint density at radius 1 is 0.600 bits per heavy atom. The zero-order valence-corrected chi connectivity index (χ0v) is 15.4. The Hall–Kier alpha value is -4.53. The minimum absolute atomic E-state index is 0.358. The van der Waals surface area contributed by atoms with E-state index in [1.54, 1.807) is 24.3 Å². The fourth-order valence-electron chi connectivity index (χ4n) is 3.21. The van der Waals surface area contributed by atoms with Gasteiger partial charge < -0.3 is 5.73 Å². The third-order valence-corrected chi connectivity index (χ3v) is 4.57. The van der Waals surface area contributed by atoms with Crippen LogP contribution in [0.1, 0.15) is 0 Å². The number of amides is 6. The summed E-state index contributed by atoms with van der Waals surface area (Å²) in [6, 6.07) is 11.5. The van der Waals surface area contributed by atoms with Crippen molar-refractivity contribution in [1.82, 2.24) is 0 Å². The zero-order valence-electron chi connectivity index (χ0n) is 15.4. The maximum atomic E-state index is 12.1. The molecule has 4 rings (SSSR count). The summed E-state index contributed by atoms with van der Waals surface area (Å²) in [5, 5.41) is 0. The third-order valence-electron chi connectivity index (χ3n) is 4.57. The highest BCUT2D eigenvalue weighted by Crippen LogP contribution is 2.30. The molecule has 9 heteroatoms. The van der Waals surface area contributed by atoms with E-state index in [-0.39, 0.29) is 0 Å². The van der Waals surface area contributed by atoms with Crippen molar-refractivity contribution in [3.05, 3.63) is 72.8 Å². The Labute approximate surface area is 170 Å². The van der Waals surface area contributed by atoms with E-state index < -0.39 is 29.7 Å². The molecule has 0 bridgehead atoms. The van der Waals surface area contributed by atoms with Gasteiger partial charge in [-0.2, -0.15) is 0 Å². The monoisotopic (exact) mass is 402 g/mol. The maximum absolute atomic E-state index is 12.1. The van der Waals surface area contributed by atoms with Crippen molar-refractivity contribution >= 4 is 52.4 Å². The van der Waals surface area contributed by atoms with Crippen molar-refractivity contribution in [2.45, 2.75) is 0 Å². The van der Waals surface area contributed by atoms with E-state index in [1.165, 1.54) is 53.5 Å². The molecule has 2 heterocycles. The number of benzene rings is 2. The molecule has 0 fully saturated rings. The minimum atomic E-state index is -0.763. The molecule has 30 heavy (non-hydrogen) atoms. The van der Waals surface area contributed by atoms with Gasteiger partial charge in [0.15, 0.2) is 0 Å². The smallest absolute Gasteiger partial charge is 0.323 e. The van der Waals surface area contributed by atoms with Gasteiger partial charge in [0.25, 0.3) is 23.6 Å². The summed E-state index contributed by atoms with van der Waals surface area (Å²) >= 11 is 0. The summed E-state index contributed by atoms with van der Waals surface area (Å²) in [5.41, 5.74) is 7.06. The van der Waals surface area contributed by atoms with Gasteiger partial charge >= 0.3 is 6.03 Å². The molecule has 0 atom stereocenters. The number of anilines is 4. The molecule has 0 unspecified atom stereocenters. The number of primary amides is 1. The van der Waals surface area contributed by atoms with Crippen molar-refractivity contribution in [3.63, 3.8) is 0 Å². The van der Waals surface area contributed by atoms with Crippen molar-refractivity contribution in [2.24, 2.45) is 5.73 Å². The van der Waals surface area contributed by atoms with Gasteiger partial charge in [0, 0.05) is 24.3 Å². The summed E-state index contributed by atoms with van der Waals surface area (Å²) in [5.74, 6) is -1.79. The molecule has 0 saturated carbocycles. The van der Waals surface area contributed by atoms with Gasteiger partial charge in [0.2, 0.25) is 0 Å². The van der Waals surface area contributed by atoms with Crippen LogP contribution in [0.3, 0.4) is 0 Å². The van der Waals surface area contributed by atoms with E-state index >= 15 is 0 Å². The summed E-state index contributed by atoms with van der Waals surface area (Å²) in [4.78, 5) is 62.5. The summed E-state index contributed by atoms with van der Waals surface area (Å²) in [6.07, 6.45) is 4.72. The van der Waals surface area contributed by atoms with Gasteiger partial charge in [-0.15, -0.1) is 0 Å². The number of imide groups is 2. The molecule has 9 nitrogen and oxygen atoms in total. The first-order valence-corrected chi connectivity index (χ1v) is 8.79. The normalized spacial score (nSPS) is 15.5. The lowest BCUT2D eigenvalue weighted by Gasteiger charge is -2.23. The molecule has 6 amide bonds. The number of carbonyl (C=O) groups is 5. The first kappa shape index (κ1) is 18.8. The van der Waals surface area contributed by atoms with E-state index in [2.05, 4.69) is 0 Å². The maximum Gasteiger partial charge on any atom is 0.323 e. The Kier molecular flexibility index (Phi) is 4.47. The second kappa shape index (κ2) is 7.13. The highest BCUT2D eigenvalue weighted by molar-refractivity contribution is 6.28. The third kappa shape index (κ3) is 3.14. The molecule has 0 aliphatic carbocycles. The van der Waals surface area contributed by atoms with Gasteiger partial charge in [-0.1, -0.05) is 0 Å². The largest absolute Gasteiger partial charge is 0.351 e. The van der Waals surface area contributed by atoms with Gasteiger partial charge in [-0.3, -0.25) is 24.1 Å². The highest BCUT2D eigenvalue weighted by Gasteiger charge is 2.27. The number of carbonyl (C=O) groups excluding carboxylic acids is 5. The molecule has 0 radical (unpaired) electrons. The molecular formula is C21H14N4O5. The summed E-state index contributed by atoms with van der Waals surface area (Å²) in [6.45, 7) is 0. The first-order valence-electron chi connectivity index (χ1n) is 8.79. The SMILES string of the molecule is NC(=O)N(c1ccc(N2C(=O)C=CC2=O)cc1)c1ccc(N2C(=O)C=CC2=O)cc1. The van der Waals surface area contributed by atoms with Crippen LogP contribution in [0.15, 0.2) is 72.8 Å². The van der Waals surface area contributed by atoms with Crippen LogP contribution in [0.4, 0.5) is 27.5 Å². The van der Waals surface area contributed by atoms with Crippen molar-refractivity contribution in [2.75, 3.05) is 14.7 Å². The van der Waals surface area contributed by atoms with Gasteiger partial charge in [0.1, 0.15) is 0 Å². The van der Waals surface area contributed by atoms with Gasteiger partial charge in [-0.05, 0) is 48.5 Å². The van der Waals surface area contributed by atoms with E-state index in [9.17, 15) is 24.0 Å². The van der Waals surface area contributed by atoms with Crippen molar-refractivity contribution in [1.29, 1.82) is 0 Å². The van der Waals surface area contributed by atoms with Gasteiger partial charge in [0.05, 0.1) is 22.7 Å². The van der Waals surface area contributed by atoms with Crippen LogP contribution < -0.4 is 20.4 Å². The topological polar surface area (TPSA) is 121 Å². The first-order chi connectivity index (χ1) is 14.4. The Bertz CT molecular complexity index is 1030. The van der Waals surface area contributed by atoms with E-state index in [0.717, 1.165) is 9.80 Å². The lowest BCUT2D eigenvalue weighted by molar-refractivity contribution is -0.121. The molecule has 0 aromatic heterocycles. The average molecular weight is 402 g/mol. The number of hydrogen-bond donors (Lipinski definition) is 1.